The standard InChI is InChI=1S/C28H33N3O7/c1-4-36-20-9-10-21(22(16-20)37-5-2)25(32)23-24(18-8-7-13-29-17-18)31(27(34)26(23)33)19-11-14-30(15-12-19)28(35)38-6-3/h7-10,13,16-17,19,24,32H,4-6,11-12,14-15H2,1-3H3/b25-23+. The van der Waals surface area contributed by atoms with Gasteiger partial charge in [0.25, 0.3) is 11.7 Å². The molecule has 0 radical (unpaired) electrons. The molecule has 2 fully saturated rings. The molecule has 2 amide bonds. The first-order valence-corrected chi connectivity index (χ1v) is 12.9. The topological polar surface area (TPSA) is 119 Å². The Labute approximate surface area is 221 Å². The van der Waals surface area contributed by atoms with Crippen molar-refractivity contribution in [2.24, 2.45) is 0 Å². The minimum Gasteiger partial charge on any atom is -0.507 e. The molecule has 0 bridgehead atoms. The number of ether oxygens (including phenoxy) is 3. The molecule has 1 N–H and O–H groups in total. The molecule has 0 aliphatic carbocycles. The van der Waals surface area contributed by atoms with Crippen LogP contribution in [0.25, 0.3) is 5.76 Å². The van der Waals surface area contributed by atoms with Gasteiger partial charge in [0, 0.05) is 37.6 Å². The van der Waals surface area contributed by atoms with Crippen molar-refractivity contribution in [2.75, 3.05) is 32.9 Å². The number of ketones is 1. The highest BCUT2D eigenvalue weighted by Crippen LogP contribution is 2.43. The van der Waals surface area contributed by atoms with E-state index in [0.29, 0.717) is 61.8 Å². The van der Waals surface area contributed by atoms with E-state index in [2.05, 4.69) is 4.98 Å². The predicted molar refractivity (Wildman–Crippen MR) is 139 cm³/mol. The van der Waals surface area contributed by atoms with E-state index in [9.17, 15) is 19.5 Å². The molecule has 0 saturated carbocycles. The molecule has 10 nitrogen and oxygen atoms in total. The number of piperidine rings is 1. The molecule has 1 aromatic heterocycles. The summed E-state index contributed by atoms with van der Waals surface area (Å²) in [6.45, 7) is 7.27. The second-order valence-electron chi connectivity index (χ2n) is 8.93. The Balaban J connectivity index is 1.76. The molecular formula is C28H33N3O7. The number of aliphatic hydroxyl groups is 1. The lowest BCUT2D eigenvalue weighted by molar-refractivity contribution is -0.142. The second-order valence-corrected chi connectivity index (χ2v) is 8.93. The molecule has 38 heavy (non-hydrogen) atoms. The molecule has 1 aromatic carbocycles. The van der Waals surface area contributed by atoms with Crippen molar-refractivity contribution in [1.82, 2.24) is 14.8 Å². The summed E-state index contributed by atoms with van der Waals surface area (Å²) in [4.78, 5) is 46.4. The molecule has 4 rings (SSSR count). The third-order valence-corrected chi connectivity index (χ3v) is 6.68. The van der Waals surface area contributed by atoms with Gasteiger partial charge in [-0.05, 0) is 57.4 Å². The van der Waals surface area contributed by atoms with E-state index in [-0.39, 0.29) is 24.0 Å². The minimum absolute atomic E-state index is 0.0269. The second kappa shape index (κ2) is 12.0. The van der Waals surface area contributed by atoms with E-state index in [0.717, 1.165) is 0 Å². The average molecular weight is 524 g/mol. The fraction of sp³-hybridized carbons (Fsp3) is 0.429. The number of hydrogen-bond donors (Lipinski definition) is 1. The normalized spacial score (nSPS) is 19.5. The Morgan fingerprint density at radius 3 is 2.42 bits per heavy atom. The number of aromatic nitrogens is 1. The van der Waals surface area contributed by atoms with E-state index in [1.165, 1.54) is 4.90 Å². The average Bonchev–Trinajstić information content (AvgIpc) is 3.19. The number of rotatable bonds is 8. The Kier molecular flexibility index (Phi) is 8.50. The van der Waals surface area contributed by atoms with Crippen molar-refractivity contribution < 1.29 is 33.7 Å². The van der Waals surface area contributed by atoms with Crippen molar-refractivity contribution in [3.05, 3.63) is 59.4 Å². The van der Waals surface area contributed by atoms with Gasteiger partial charge in [-0.3, -0.25) is 14.6 Å². The number of carbonyl (C=O) groups is 3. The number of likely N-dealkylation sites (tertiary alicyclic amines) is 2. The van der Waals surface area contributed by atoms with Gasteiger partial charge in [0.2, 0.25) is 0 Å². The number of benzene rings is 1. The van der Waals surface area contributed by atoms with Gasteiger partial charge in [0.1, 0.15) is 17.3 Å². The maximum absolute atomic E-state index is 13.5. The minimum atomic E-state index is -0.844. The molecular weight excluding hydrogens is 490 g/mol. The highest BCUT2D eigenvalue weighted by molar-refractivity contribution is 6.46. The number of pyridine rings is 1. The van der Waals surface area contributed by atoms with Crippen LogP contribution in [0.15, 0.2) is 48.3 Å². The van der Waals surface area contributed by atoms with Gasteiger partial charge in [-0.25, -0.2) is 4.79 Å². The van der Waals surface area contributed by atoms with Gasteiger partial charge in [-0.1, -0.05) is 6.07 Å². The van der Waals surface area contributed by atoms with Gasteiger partial charge in [0.05, 0.1) is 37.0 Å². The number of aliphatic hydroxyl groups excluding tert-OH is 1. The molecule has 0 spiro atoms. The van der Waals surface area contributed by atoms with Gasteiger partial charge in [-0.2, -0.15) is 0 Å². The van der Waals surface area contributed by atoms with Crippen LogP contribution in [0.3, 0.4) is 0 Å². The maximum atomic E-state index is 13.5. The number of Topliss-reactive ketones (excluding diaryl/α,β-unsaturated/α-hetero) is 1. The monoisotopic (exact) mass is 523 g/mol. The Hall–Kier alpha value is -4.08. The van der Waals surface area contributed by atoms with Crippen LogP contribution in [0.5, 0.6) is 11.5 Å². The fourth-order valence-electron chi connectivity index (χ4n) is 5.01. The van der Waals surface area contributed by atoms with Gasteiger partial charge >= 0.3 is 6.09 Å². The quantitative estimate of drug-likeness (QED) is 0.314. The summed E-state index contributed by atoms with van der Waals surface area (Å²) in [7, 11) is 0. The fourth-order valence-corrected chi connectivity index (χ4v) is 5.01. The zero-order valence-electron chi connectivity index (χ0n) is 21.9. The summed E-state index contributed by atoms with van der Waals surface area (Å²) in [6.07, 6.45) is 3.74. The van der Waals surface area contributed by atoms with E-state index < -0.39 is 23.8 Å². The van der Waals surface area contributed by atoms with Crippen molar-refractivity contribution >= 4 is 23.5 Å². The first-order chi connectivity index (χ1) is 18.4. The van der Waals surface area contributed by atoms with Crippen LogP contribution < -0.4 is 9.47 Å². The van der Waals surface area contributed by atoms with Crippen LogP contribution in [0.1, 0.15) is 50.8 Å². The Bertz CT molecular complexity index is 1210. The lowest BCUT2D eigenvalue weighted by Gasteiger charge is -2.38. The molecule has 1 unspecified atom stereocenters. The number of amides is 2. The summed E-state index contributed by atoms with van der Waals surface area (Å²) in [5.41, 5.74) is 0.866. The summed E-state index contributed by atoms with van der Waals surface area (Å²) in [5, 5.41) is 11.5. The predicted octanol–water partition coefficient (Wildman–Crippen LogP) is 3.92. The summed E-state index contributed by atoms with van der Waals surface area (Å²) in [6, 6.07) is 7.30. The molecule has 2 saturated heterocycles. The SMILES string of the molecule is CCOC(=O)N1CCC(N2C(=O)C(=O)/C(=C(/O)c3ccc(OCC)cc3OCC)C2c2cccnc2)CC1. The van der Waals surface area contributed by atoms with Crippen LogP contribution in [0.4, 0.5) is 4.79 Å². The highest BCUT2D eigenvalue weighted by Gasteiger charge is 2.49. The van der Waals surface area contributed by atoms with Crippen LogP contribution in [-0.4, -0.2) is 76.6 Å². The third kappa shape index (κ3) is 5.29. The molecule has 2 aliphatic heterocycles. The van der Waals surface area contributed by atoms with Crippen LogP contribution in [0.2, 0.25) is 0 Å². The molecule has 202 valence electrons. The lowest BCUT2D eigenvalue weighted by atomic mass is 9.94. The number of carbonyl (C=O) groups excluding carboxylic acids is 3. The molecule has 2 aromatic rings. The van der Waals surface area contributed by atoms with Crippen molar-refractivity contribution in [1.29, 1.82) is 0 Å². The van der Waals surface area contributed by atoms with Crippen molar-refractivity contribution in [3.8, 4) is 11.5 Å². The van der Waals surface area contributed by atoms with Crippen molar-refractivity contribution in [2.45, 2.75) is 45.7 Å². The Morgan fingerprint density at radius 1 is 1.05 bits per heavy atom. The maximum Gasteiger partial charge on any atom is 0.409 e. The zero-order chi connectivity index (χ0) is 27.2. The largest absolute Gasteiger partial charge is 0.507 e. The van der Waals surface area contributed by atoms with Gasteiger partial charge in [0.15, 0.2) is 0 Å². The third-order valence-electron chi connectivity index (χ3n) is 6.68. The van der Waals surface area contributed by atoms with Crippen LogP contribution in [0, 0.1) is 0 Å². The van der Waals surface area contributed by atoms with E-state index in [1.54, 1.807) is 54.5 Å². The summed E-state index contributed by atoms with van der Waals surface area (Å²) < 4.78 is 16.4. The lowest BCUT2D eigenvalue weighted by Crippen LogP contribution is -2.48. The molecule has 2 aliphatic rings. The van der Waals surface area contributed by atoms with Crippen molar-refractivity contribution in [3.63, 3.8) is 0 Å². The first kappa shape index (κ1) is 27.0. The molecule has 3 heterocycles. The van der Waals surface area contributed by atoms with E-state index in [4.69, 9.17) is 14.2 Å². The smallest absolute Gasteiger partial charge is 0.409 e. The molecule has 10 heteroatoms. The number of nitrogens with zero attached hydrogens (tertiary/aromatic N) is 3. The first-order valence-electron chi connectivity index (χ1n) is 12.9. The van der Waals surface area contributed by atoms with Crippen LogP contribution >= 0.6 is 0 Å². The highest BCUT2D eigenvalue weighted by atomic mass is 16.6. The van der Waals surface area contributed by atoms with E-state index >= 15 is 0 Å². The Morgan fingerprint density at radius 2 is 1.79 bits per heavy atom. The summed E-state index contributed by atoms with van der Waals surface area (Å²) in [5.74, 6) is -0.894. The molecule has 1 atom stereocenters. The summed E-state index contributed by atoms with van der Waals surface area (Å²) >= 11 is 0. The number of hydrogen-bond acceptors (Lipinski definition) is 8. The van der Waals surface area contributed by atoms with Crippen LogP contribution in [-0.2, 0) is 14.3 Å². The van der Waals surface area contributed by atoms with Gasteiger partial charge in [-0.15, -0.1) is 0 Å². The zero-order valence-corrected chi connectivity index (χ0v) is 21.9. The van der Waals surface area contributed by atoms with Gasteiger partial charge < -0.3 is 29.1 Å². The van der Waals surface area contributed by atoms with E-state index in [1.807, 2.05) is 13.8 Å².